The molecule has 0 fully saturated rings. The van der Waals surface area contributed by atoms with E-state index in [0.717, 1.165) is 0 Å². The molecule has 4 aromatic rings. The van der Waals surface area contributed by atoms with Crippen molar-refractivity contribution in [1.29, 1.82) is 0 Å². The number of alkyl halides is 6. The third-order valence-electron chi connectivity index (χ3n) is 7.16. The molecule has 258 valence electrons. The topological polar surface area (TPSA) is 140 Å². The number of hydrogen-bond acceptors (Lipinski definition) is 8. The van der Waals surface area contributed by atoms with Crippen molar-refractivity contribution in [3.8, 4) is 17.5 Å². The Balaban J connectivity index is 1.79. The van der Waals surface area contributed by atoms with Gasteiger partial charge in [-0.05, 0) is 43.4 Å². The smallest absolute Gasteiger partial charge is 0.426 e. The first kappa shape index (κ1) is 36.1. The van der Waals surface area contributed by atoms with E-state index in [2.05, 4.69) is 15.2 Å². The molecule has 2 atom stereocenters. The Labute approximate surface area is 270 Å². The van der Waals surface area contributed by atoms with E-state index in [1.165, 1.54) is 0 Å². The highest BCUT2D eigenvalue weighted by atomic mass is 19.4. The summed E-state index contributed by atoms with van der Waals surface area (Å²) in [4.78, 5) is 15.4. The lowest BCUT2D eigenvalue weighted by Gasteiger charge is -2.32. The van der Waals surface area contributed by atoms with Crippen LogP contribution in [0, 0.1) is 0 Å². The second-order valence-corrected chi connectivity index (χ2v) is 10.9. The van der Waals surface area contributed by atoms with Crippen LogP contribution in [0.15, 0.2) is 71.1 Å². The molecule has 2 aromatic carbocycles. The first-order valence-electron chi connectivity index (χ1n) is 14.8. The first-order valence-corrected chi connectivity index (χ1v) is 14.8. The van der Waals surface area contributed by atoms with Gasteiger partial charge in [-0.15, -0.1) is 10.2 Å². The van der Waals surface area contributed by atoms with Gasteiger partial charge in [-0.3, -0.25) is 5.32 Å². The van der Waals surface area contributed by atoms with Gasteiger partial charge in [-0.1, -0.05) is 73.5 Å². The standard InChI is InChI=1S/C32H32F6N4O6/c1-20(43)11-5-4-10-16-30(32(36,37)38,47-19-22-14-8-3-9-15-22)28-42-41-27(48-28)25-24(39-29(44)45)17-23(31(33,34)35)26(40-25)46-18-21-12-6-2-7-13-21/h2-3,6-9,12-15,17,20,39,43H,4-5,10-11,16,18-19H2,1H3,(H,44,45)/t20-,30+/m0/s1. The fourth-order valence-corrected chi connectivity index (χ4v) is 4.75. The van der Waals surface area contributed by atoms with Crippen molar-refractivity contribution in [3.63, 3.8) is 0 Å². The quantitative estimate of drug-likeness (QED) is 0.0838. The van der Waals surface area contributed by atoms with Gasteiger partial charge >= 0.3 is 18.4 Å². The van der Waals surface area contributed by atoms with Crippen molar-refractivity contribution in [2.75, 3.05) is 5.32 Å². The molecule has 10 nitrogen and oxygen atoms in total. The van der Waals surface area contributed by atoms with Crippen molar-refractivity contribution in [3.05, 3.63) is 89.3 Å². The molecule has 16 heteroatoms. The Morgan fingerprint density at radius 3 is 2.10 bits per heavy atom. The van der Waals surface area contributed by atoms with Crippen LogP contribution in [0.3, 0.4) is 0 Å². The molecule has 0 radical (unpaired) electrons. The number of aromatic nitrogens is 3. The molecule has 0 aliphatic heterocycles. The average Bonchev–Trinajstić information content (AvgIpc) is 3.51. The molecule has 0 aliphatic carbocycles. The minimum Gasteiger partial charge on any atom is -0.472 e. The van der Waals surface area contributed by atoms with Crippen molar-refractivity contribution in [1.82, 2.24) is 15.2 Å². The summed E-state index contributed by atoms with van der Waals surface area (Å²) in [6, 6.07) is 16.5. The molecule has 2 heterocycles. The van der Waals surface area contributed by atoms with Gasteiger partial charge in [-0.2, -0.15) is 26.3 Å². The molecular formula is C32H32F6N4O6. The van der Waals surface area contributed by atoms with Crippen LogP contribution in [-0.2, 0) is 29.7 Å². The number of hydrogen-bond donors (Lipinski definition) is 3. The van der Waals surface area contributed by atoms with Crippen LogP contribution >= 0.6 is 0 Å². The highest BCUT2D eigenvalue weighted by molar-refractivity contribution is 5.88. The maximum absolute atomic E-state index is 15.0. The second-order valence-electron chi connectivity index (χ2n) is 10.9. The summed E-state index contributed by atoms with van der Waals surface area (Å²) in [5.41, 5.74) is -5.25. The summed E-state index contributed by atoms with van der Waals surface area (Å²) >= 11 is 0. The van der Waals surface area contributed by atoms with E-state index in [4.69, 9.17) is 13.9 Å². The summed E-state index contributed by atoms with van der Waals surface area (Å²) in [5, 5.41) is 27.9. The number of carbonyl (C=O) groups is 1. The Morgan fingerprint density at radius 2 is 1.54 bits per heavy atom. The van der Waals surface area contributed by atoms with E-state index < -0.39 is 77.8 Å². The summed E-state index contributed by atoms with van der Waals surface area (Å²) in [7, 11) is 0. The van der Waals surface area contributed by atoms with E-state index in [0.29, 0.717) is 30.0 Å². The number of anilines is 1. The number of pyridine rings is 1. The van der Waals surface area contributed by atoms with Crippen LogP contribution in [0.2, 0.25) is 0 Å². The second kappa shape index (κ2) is 15.5. The highest BCUT2D eigenvalue weighted by Gasteiger charge is 2.61. The molecule has 0 unspecified atom stereocenters. The van der Waals surface area contributed by atoms with Crippen molar-refractivity contribution in [2.45, 2.75) is 76.3 Å². The Bertz CT molecular complexity index is 1630. The minimum atomic E-state index is -5.13. The number of aliphatic hydroxyl groups excluding tert-OH is 1. The SMILES string of the molecule is C[C@H](O)CCCCC[C@@](OCc1ccccc1)(c1nnc(-c2nc(OCc3ccccc3)c(C(F)(F)F)cc2NC(=O)O)o1)C(F)(F)F. The third kappa shape index (κ3) is 9.22. The Hall–Kier alpha value is -4.70. The fourth-order valence-electron chi connectivity index (χ4n) is 4.75. The van der Waals surface area contributed by atoms with Crippen LogP contribution in [0.4, 0.5) is 36.8 Å². The van der Waals surface area contributed by atoms with E-state index in [1.807, 2.05) is 0 Å². The van der Waals surface area contributed by atoms with Gasteiger partial charge < -0.3 is 24.1 Å². The average molecular weight is 683 g/mol. The lowest BCUT2D eigenvalue weighted by Crippen LogP contribution is -2.45. The van der Waals surface area contributed by atoms with Gasteiger partial charge in [0.05, 0.1) is 18.4 Å². The molecular weight excluding hydrogens is 650 g/mol. The third-order valence-corrected chi connectivity index (χ3v) is 7.16. The van der Waals surface area contributed by atoms with Crippen LogP contribution in [0.25, 0.3) is 11.6 Å². The zero-order valence-corrected chi connectivity index (χ0v) is 25.5. The van der Waals surface area contributed by atoms with Crippen LogP contribution in [0.1, 0.15) is 61.6 Å². The highest BCUT2D eigenvalue weighted by Crippen LogP contribution is 2.47. The van der Waals surface area contributed by atoms with Gasteiger partial charge in [0.1, 0.15) is 12.2 Å². The van der Waals surface area contributed by atoms with Crippen molar-refractivity contribution < 1.29 is 55.2 Å². The van der Waals surface area contributed by atoms with Crippen LogP contribution in [0.5, 0.6) is 5.88 Å². The zero-order chi connectivity index (χ0) is 35.0. The van der Waals surface area contributed by atoms with E-state index in [9.17, 15) is 28.2 Å². The summed E-state index contributed by atoms with van der Waals surface area (Å²) < 4.78 is 104. The Kier molecular flexibility index (Phi) is 11.6. The van der Waals surface area contributed by atoms with Crippen molar-refractivity contribution in [2.24, 2.45) is 0 Å². The number of carboxylic acid groups (broad SMARTS) is 1. The number of benzene rings is 2. The summed E-state index contributed by atoms with van der Waals surface area (Å²) in [6.07, 6.45) is -12.3. The predicted molar refractivity (Wildman–Crippen MR) is 159 cm³/mol. The number of rotatable bonds is 15. The molecule has 1 amide bonds. The summed E-state index contributed by atoms with van der Waals surface area (Å²) in [5.74, 6) is -2.89. The van der Waals surface area contributed by atoms with E-state index in [1.54, 1.807) is 72.9 Å². The number of ether oxygens (including phenoxy) is 2. The molecule has 48 heavy (non-hydrogen) atoms. The monoisotopic (exact) mass is 682 g/mol. The number of amides is 1. The number of halogens is 6. The summed E-state index contributed by atoms with van der Waals surface area (Å²) in [6.45, 7) is 0.661. The lowest BCUT2D eigenvalue weighted by atomic mass is 9.94. The fraction of sp³-hybridized carbons (Fsp3) is 0.375. The van der Waals surface area contributed by atoms with E-state index in [-0.39, 0.29) is 19.4 Å². The van der Waals surface area contributed by atoms with Gasteiger partial charge in [0.15, 0.2) is 5.69 Å². The minimum absolute atomic E-state index is 0.0411. The Morgan fingerprint density at radius 1 is 0.917 bits per heavy atom. The number of unbranched alkanes of at least 4 members (excludes halogenated alkanes) is 2. The zero-order valence-electron chi connectivity index (χ0n) is 25.5. The van der Waals surface area contributed by atoms with Gasteiger partial charge in [0.25, 0.3) is 11.8 Å². The van der Waals surface area contributed by atoms with Gasteiger partial charge in [0.2, 0.25) is 11.5 Å². The number of nitrogens with zero attached hydrogens (tertiary/aromatic N) is 3. The first-order chi connectivity index (χ1) is 22.7. The largest absolute Gasteiger partial charge is 0.472 e. The molecule has 3 N–H and O–H groups in total. The number of nitrogens with one attached hydrogen (secondary N) is 1. The van der Waals surface area contributed by atoms with E-state index >= 15 is 13.2 Å². The van der Waals surface area contributed by atoms with Crippen LogP contribution in [-0.4, -0.2) is 43.8 Å². The number of aliphatic hydroxyl groups is 1. The van der Waals surface area contributed by atoms with Gasteiger partial charge in [-0.25, -0.2) is 9.78 Å². The normalized spacial score (nSPS) is 13.9. The molecule has 0 saturated heterocycles. The van der Waals surface area contributed by atoms with Crippen molar-refractivity contribution >= 4 is 11.8 Å². The predicted octanol–water partition coefficient (Wildman–Crippen LogP) is 8.13. The molecule has 0 bridgehead atoms. The van der Waals surface area contributed by atoms with Gasteiger partial charge in [0, 0.05) is 0 Å². The maximum atomic E-state index is 15.0. The maximum Gasteiger partial charge on any atom is 0.426 e. The molecule has 4 rings (SSSR count). The van der Waals surface area contributed by atoms with Crippen LogP contribution < -0.4 is 10.1 Å². The molecule has 0 spiro atoms. The molecule has 0 aliphatic rings. The lowest BCUT2D eigenvalue weighted by molar-refractivity contribution is -0.300. The molecule has 0 saturated carbocycles. The molecule has 2 aromatic heterocycles.